The number of aliphatic hydroxyl groups is 1. The Hall–Kier alpha value is -1.18. The average Bonchev–Trinajstić information content (AvgIpc) is 2.41. The Morgan fingerprint density at radius 3 is 2.70 bits per heavy atom. The second-order valence-electron chi connectivity index (χ2n) is 4.27. The van der Waals surface area contributed by atoms with Crippen molar-refractivity contribution < 1.29 is 10.0 Å². The summed E-state index contributed by atoms with van der Waals surface area (Å²) in [6.07, 6.45) is -0.658. The molecule has 20 heavy (non-hydrogen) atoms. The first-order valence-electron chi connectivity index (χ1n) is 5.84. The topological polar surface area (TPSA) is 63.4 Å². The van der Waals surface area contributed by atoms with E-state index in [4.69, 9.17) is 11.6 Å². The molecule has 1 N–H and O–H groups in total. The van der Waals surface area contributed by atoms with Crippen molar-refractivity contribution in [3.8, 4) is 0 Å². The van der Waals surface area contributed by atoms with Crippen LogP contribution < -0.4 is 0 Å². The van der Waals surface area contributed by atoms with Gasteiger partial charge in [-0.25, -0.2) is 0 Å². The summed E-state index contributed by atoms with van der Waals surface area (Å²) >= 11 is 8.03. The van der Waals surface area contributed by atoms with Crippen molar-refractivity contribution in [2.24, 2.45) is 0 Å². The predicted molar refractivity (Wildman–Crippen MR) is 85.9 cm³/mol. The number of aliphatic hydroxyl groups excluding tert-OH is 1. The fourth-order valence-corrected chi connectivity index (χ4v) is 2.83. The van der Waals surface area contributed by atoms with E-state index < -0.39 is 11.0 Å². The summed E-state index contributed by atoms with van der Waals surface area (Å²) in [6, 6.07) is 11.6. The first-order valence-corrected chi connectivity index (χ1v) is 7.30. The highest BCUT2D eigenvalue weighted by Crippen LogP contribution is 2.29. The fraction of sp³-hybridized carbons (Fsp3) is 0.143. The first kappa shape index (κ1) is 15.2. The van der Waals surface area contributed by atoms with Gasteiger partial charge in [-0.3, -0.25) is 10.1 Å². The number of para-hydroxylation sites is 1. The minimum atomic E-state index is -0.832. The molecule has 2 rings (SSSR count). The van der Waals surface area contributed by atoms with E-state index in [1.807, 2.05) is 0 Å². The largest absolute Gasteiger partial charge is 0.388 e. The van der Waals surface area contributed by atoms with Crippen molar-refractivity contribution in [2.45, 2.75) is 12.5 Å². The van der Waals surface area contributed by atoms with Crippen molar-refractivity contribution in [3.63, 3.8) is 0 Å². The third kappa shape index (κ3) is 3.47. The van der Waals surface area contributed by atoms with Crippen LogP contribution in [-0.2, 0) is 6.42 Å². The second kappa shape index (κ2) is 6.51. The number of hydrogen-bond acceptors (Lipinski definition) is 3. The summed E-state index contributed by atoms with van der Waals surface area (Å²) < 4.78 is 0.873. The molecule has 1 atom stereocenters. The van der Waals surface area contributed by atoms with Gasteiger partial charge in [-0.1, -0.05) is 29.8 Å². The molecule has 0 saturated carbocycles. The summed E-state index contributed by atoms with van der Waals surface area (Å²) in [4.78, 5) is 10.5. The molecule has 104 valence electrons. The van der Waals surface area contributed by atoms with Crippen LogP contribution in [0.15, 0.2) is 42.5 Å². The van der Waals surface area contributed by atoms with E-state index in [2.05, 4.69) is 22.6 Å². The molecule has 0 aromatic heterocycles. The zero-order valence-electron chi connectivity index (χ0n) is 10.3. The monoisotopic (exact) mass is 403 g/mol. The van der Waals surface area contributed by atoms with E-state index in [-0.39, 0.29) is 12.1 Å². The van der Waals surface area contributed by atoms with E-state index >= 15 is 0 Å². The standard InChI is InChI=1S/C14H11ClINO3/c15-10-5-6-12(16)11(8-10)14(18)7-9-3-1-2-4-13(9)17(19)20/h1-6,8,14,18H,7H2. The Morgan fingerprint density at radius 2 is 2.00 bits per heavy atom. The minimum Gasteiger partial charge on any atom is -0.388 e. The van der Waals surface area contributed by atoms with Crippen LogP contribution in [0.25, 0.3) is 0 Å². The van der Waals surface area contributed by atoms with Crippen LogP contribution >= 0.6 is 34.2 Å². The number of nitro groups is 1. The zero-order chi connectivity index (χ0) is 14.7. The molecule has 0 fully saturated rings. The Labute approximate surface area is 134 Å². The molecule has 2 aromatic carbocycles. The lowest BCUT2D eigenvalue weighted by Gasteiger charge is -2.13. The Balaban J connectivity index is 2.30. The van der Waals surface area contributed by atoms with Crippen molar-refractivity contribution in [1.82, 2.24) is 0 Å². The SMILES string of the molecule is O=[N+]([O-])c1ccccc1CC(O)c1cc(Cl)ccc1I. The van der Waals surface area contributed by atoms with Gasteiger partial charge >= 0.3 is 0 Å². The number of rotatable bonds is 4. The number of benzene rings is 2. The molecule has 0 aliphatic carbocycles. The smallest absolute Gasteiger partial charge is 0.272 e. The van der Waals surface area contributed by atoms with Gasteiger partial charge in [-0.2, -0.15) is 0 Å². The highest BCUT2D eigenvalue weighted by molar-refractivity contribution is 14.1. The van der Waals surface area contributed by atoms with Crippen molar-refractivity contribution >= 4 is 39.9 Å². The van der Waals surface area contributed by atoms with Gasteiger partial charge in [0.1, 0.15) is 0 Å². The molecule has 4 nitrogen and oxygen atoms in total. The van der Waals surface area contributed by atoms with Gasteiger partial charge in [0.25, 0.3) is 5.69 Å². The van der Waals surface area contributed by atoms with E-state index in [1.54, 1.807) is 36.4 Å². The Bertz CT molecular complexity index is 648. The number of hydrogen-bond donors (Lipinski definition) is 1. The minimum absolute atomic E-state index is 0.0172. The molecule has 2 aromatic rings. The quantitative estimate of drug-likeness (QED) is 0.474. The molecule has 0 spiro atoms. The van der Waals surface area contributed by atoms with Gasteiger partial charge in [-0.15, -0.1) is 0 Å². The summed E-state index contributed by atoms with van der Waals surface area (Å²) in [7, 11) is 0. The lowest BCUT2D eigenvalue weighted by molar-refractivity contribution is -0.385. The summed E-state index contributed by atoms with van der Waals surface area (Å²) in [5.41, 5.74) is 1.20. The molecular weight excluding hydrogens is 393 g/mol. The van der Waals surface area contributed by atoms with Crippen molar-refractivity contribution in [3.05, 3.63) is 72.3 Å². The zero-order valence-corrected chi connectivity index (χ0v) is 13.2. The van der Waals surface area contributed by atoms with Crippen LogP contribution in [0.3, 0.4) is 0 Å². The third-order valence-electron chi connectivity index (χ3n) is 2.92. The molecule has 6 heteroatoms. The van der Waals surface area contributed by atoms with Crippen LogP contribution in [-0.4, -0.2) is 10.0 Å². The Morgan fingerprint density at radius 1 is 1.30 bits per heavy atom. The predicted octanol–water partition coefficient (Wildman–Crippen LogP) is 4.13. The molecule has 0 aliphatic rings. The molecule has 0 aliphatic heterocycles. The number of halogens is 2. The lowest BCUT2D eigenvalue weighted by atomic mass is 10.0. The third-order valence-corrected chi connectivity index (χ3v) is 4.14. The van der Waals surface area contributed by atoms with Crippen LogP contribution in [0, 0.1) is 13.7 Å². The maximum Gasteiger partial charge on any atom is 0.272 e. The van der Waals surface area contributed by atoms with Crippen molar-refractivity contribution in [1.29, 1.82) is 0 Å². The highest BCUT2D eigenvalue weighted by atomic mass is 127. The van der Waals surface area contributed by atoms with Crippen LogP contribution in [0.4, 0.5) is 5.69 Å². The molecule has 0 heterocycles. The van der Waals surface area contributed by atoms with Crippen LogP contribution in [0.2, 0.25) is 5.02 Å². The normalized spacial score (nSPS) is 12.2. The first-order chi connectivity index (χ1) is 9.49. The molecule has 0 amide bonds. The van der Waals surface area contributed by atoms with Crippen LogP contribution in [0.1, 0.15) is 17.2 Å². The van der Waals surface area contributed by atoms with E-state index in [9.17, 15) is 15.2 Å². The van der Waals surface area contributed by atoms with Crippen molar-refractivity contribution in [2.75, 3.05) is 0 Å². The van der Waals surface area contributed by atoms with Gasteiger partial charge < -0.3 is 5.11 Å². The fourth-order valence-electron chi connectivity index (χ4n) is 1.95. The Kier molecular flexibility index (Phi) is 4.95. The summed E-state index contributed by atoms with van der Waals surface area (Å²) in [5.74, 6) is 0. The van der Waals surface area contributed by atoms with Gasteiger partial charge in [0.2, 0.25) is 0 Å². The maximum absolute atomic E-state index is 11.0. The van der Waals surface area contributed by atoms with Gasteiger partial charge in [0, 0.05) is 26.6 Å². The van der Waals surface area contributed by atoms with Gasteiger partial charge in [0.15, 0.2) is 0 Å². The van der Waals surface area contributed by atoms with Gasteiger partial charge in [-0.05, 0) is 46.4 Å². The number of nitro benzene ring substituents is 1. The molecule has 0 radical (unpaired) electrons. The molecular formula is C14H11ClINO3. The molecule has 0 saturated heterocycles. The van der Waals surface area contributed by atoms with Gasteiger partial charge in [0.05, 0.1) is 11.0 Å². The summed E-state index contributed by atoms with van der Waals surface area (Å²) in [6.45, 7) is 0. The molecule has 0 bridgehead atoms. The van der Waals surface area contributed by atoms with E-state index in [0.717, 1.165) is 3.57 Å². The summed E-state index contributed by atoms with van der Waals surface area (Å²) in [5, 5.41) is 21.8. The molecule has 1 unspecified atom stereocenters. The maximum atomic E-state index is 11.0. The van der Waals surface area contributed by atoms with Crippen LogP contribution in [0.5, 0.6) is 0 Å². The lowest BCUT2D eigenvalue weighted by Crippen LogP contribution is -2.06. The van der Waals surface area contributed by atoms with E-state index in [0.29, 0.717) is 16.1 Å². The number of nitrogens with zero attached hydrogens (tertiary/aromatic N) is 1. The van der Waals surface area contributed by atoms with E-state index in [1.165, 1.54) is 6.07 Å². The highest BCUT2D eigenvalue weighted by Gasteiger charge is 2.18. The second-order valence-corrected chi connectivity index (χ2v) is 5.87. The average molecular weight is 404 g/mol.